The second kappa shape index (κ2) is 7.59. The zero-order chi connectivity index (χ0) is 20.5. The number of hydrogen-bond donors (Lipinski definition) is 1. The van der Waals surface area contributed by atoms with Gasteiger partial charge in [-0.2, -0.15) is 17.6 Å². The van der Waals surface area contributed by atoms with Gasteiger partial charge >= 0.3 is 12.5 Å². The molecule has 1 saturated heterocycles. The molecule has 1 heterocycles. The van der Waals surface area contributed by atoms with E-state index in [1.807, 2.05) is 13.0 Å². The third-order valence-corrected chi connectivity index (χ3v) is 4.10. The molecule has 1 aliphatic heterocycles. The molecule has 0 aliphatic carbocycles. The predicted octanol–water partition coefficient (Wildman–Crippen LogP) is 4.49. The fraction of sp³-hybridized carbons (Fsp3) is 0.158. The number of amides is 1. The molecule has 1 aliphatic rings. The number of anilines is 1. The van der Waals surface area contributed by atoms with Crippen LogP contribution in [0.1, 0.15) is 11.1 Å². The van der Waals surface area contributed by atoms with E-state index in [4.69, 9.17) is 12.2 Å². The van der Waals surface area contributed by atoms with Crippen molar-refractivity contribution >= 4 is 35.0 Å². The smallest absolute Gasteiger partial charge is 0.428 e. The standard InChI is InChI=1S/C19H14F4N2O2S/c1-11-4-2-6-13(8-11)25-16(26)15(24-18(25)28)10-12-5-3-7-14(9-12)27-19(22,23)17(20)21/h2-10,17H,1H3,(H,24,28)/b15-10+. The number of aryl methyl sites for hydroxylation is 1. The third-order valence-electron chi connectivity index (χ3n) is 3.82. The van der Waals surface area contributed by atoms with Crippen molar-refractivity contribution < 1.29 is 27.1 Å². The zero-order valence-corrected chi connectivity index (χ0v) is 15.3. The molecule has 0 saturated carbocycles. The van der Waals surface area contributed by atoms with Crippen LogP contribution in [-0.4, -0.2) is 23.6 Å². The molecule has 0 bridgehead atoms. The second-order valence-electron chi connectivity index (χ2n) is 6.00. The molecule has 4 nitrogen and oxygen atoms in total. The summed E-state index contributed by atoms with van der Waals surface area (Å²) in [6, 6.07) is 12.3. The van der Waals surface area contributed by atoms with E-state index in [9.17, 15) is 22.4 Å². The summed E-state index contributed by atoms with van der Waals surface area (Å²) < 4.78 is 54.8. The Labute approximate surface area is 163 Å². The summed E-state index contributed by atoms with van der Waals surface area (Å²) >= 11 is 5.21. The fourth-order valence-electron chi connectivity index (χ4n) is 2.57. The van der Waals surface area contributed by atoms with Crippen molar-refractivity contribution in [2.24, 2.45) is 0 Å². The number of nitrogens with one attached hydrogen (secondary N) is 1. The Hall–Kier alpha value is -2.94. The summed E-state index contributed by atoms with van der Waals surface area (Å²) in [6.45, 7) is 1.87. The molecule has 1 amide bonds. The number of nitrogens with zero attached hydrogens (tertiary/aromatic N) is 1. The van der Waals surface area contributed by atoms with Crippen molar-refractivity contribution in [3.63, 3.8) is 0 Å². The highest BCUT2D eigenvalue weighted by Gasteiger charge is 2.44. The topological polar surface area (TPSA) is 41.6 Å². The molecule has 146 valence electrons. The van der Waals surface area contributed by atoms with E-state index in [0.717, 1.165) is 17.7 Å². The average Bonchev–Trinajstić information content (AvgIpc) is 2.88. The number of carbonyl (C=O) groups excluding carboxylic acids is 1. The van der Waals surface area contributed by atoms with Crippen LogP contribution in [-0.2, 0) is 4.79 Å². The van der Waals surface area contributed by atoms with Crippen molar-refractivity contribution in [1.29, 1.82) is 0 Å². The van der Waals surface area contributed by atoms with Crippen molar-refractivity contribution in [3.05, 3.63) is 65.4 Å². The lowest BCUT2D eigenvalue weighted by Crippen LogP contribution is -2.33. The Morgan fingerprint density at radius 2 is 1.89 bits per heavy atom. The maximum Gasteiger partial charge on any atom is 0.461 e. The van der Waals surface area contributed by atoms with E-state index in [0.29, 0.717) is 11.3 Å². The van der Waals surface area contributed by atoms with Gasteiger partial charge in [0.05, 0.1) is 5.69 Å². The maximum absolute atomic E-state index is 13.1. The van der Waals surface area contributed by atoms with Crippen LogP contribution in [0.4, 0.5) is 23.2 Å². The summed E-state index contributed by atoms with van der Waals surface area (Å²) in [6.07, 6.45) is -7.21. The number of rotatable bonds is 5. The maximum atomic E-state index is 13.1. The highest BCUT2D eigenvalue weighted by molar-refractivity contribution is 7.80. The zero-order valence-electron chi connectivity index (χ0n) is 14.5. The van der Waals surface area contributed by atoms with Crippen LogP contribution in [0.25, 0.3) is 6.08 Å². The van der Waals surface area contributed by atoms with E-state index >= 15 is 0 Å². The number of carbonyl (C=O) groups is 1. The van der Waals surface area contributed by atoms with Crippen molar-refractivity contribution in [2.75, 3.05) is 4.90 Å². The first-order valence-electron chi connectivity index (χ1n) is 8.06. The summed E-state index contributed by atoms with van der Waals surface area (Å²) in [7, 11) is 0. The fourth-order valence-corrected chi connectivity index (χ4v) is 2.87. The minimum absolute atomic E-state index is 0.115. The molecule has 9 heteroatoms. The Kier molecular flexibility index (Phi) is 5.37. The number of ether oxygens (including phenoxy) is 1. The van der Waals surface area contributed by atoms with Crippen LogP contribution in [0.15, 0.2) is 54.2 Å². The minimum Gasteiger partial charge on any atom is -0.428 e. The summed E-state index contributed by atoms with van der Waals surface area (Å²) in [5.41, 5.74) is 1.94. The van der Waals surface area contributed by atoms with Gasteiger partial charge < -0.3 is 10.1 Å². The van der Waals surface area contributed by atoms with Gasteiger partial charge in [0.25, 0.3) is 5.91 Å². The Morgan fingerprint density at radius 3 is 2.57 bits per heavy atom. The first kappa shape index (κ1) is 19.8. The summed E-state index contributed by atoms with van der Waals surface area (Å²) in [4.78, 5) is 14.0. The lowest BCUT2D eigenvalue weighted by Gasteiger charge is -2.16. The second-order valence-corrected chi connectivity index (χ2v) is 6.39. The first-order chi connectivity index (χ1) is 13.2. The van der Waals surface area contributed by atoms with Gasteiger partial charge in [0.2, 0.25) is 0 Å². The molecule has 2 aromatic rings. The van der Waals surface area contributed by atoms with Gasteiger partial charge in [0.15, 0.2) is 5.11 Å². The number of alkyl halides is 4. The largest absolute Gasteiger partial charge is 0.461 e. The average molecular weight is 410 g/mol. The van der Waals surface area contributed by atoms with Crippen LogP contribution < -0.4 is 15.0 Å². The number of hydrogen-bond acceptors (Lipinski definition) is 3. The lowest BCUT2D eigenvalue weighted by atomic mass is 10.1. The number of halogens is 4. The number of benzene rings is 2. The summed E-state index contributed by atoms with van der Waals surface area (Å²) in [5.74, 6) is -0.886. The third kappa shape index (κ3) is 4.14. The normalized spacial score (nSPS) is 16.1. The van der Waals surface area contributed by atoms with Crippen LogP contribution in [0.2, 0.25) is 0 Å². The quantitative estimate of drug-likeness (QED) is 0.448. The van der Waals surface area contributed by atoms with E-state index in [1.54, 1.807) is 18.2 Å². The Bertz CT molecular complexity index is 962. The SMILES string of the molecule is Cc1cccc(N2C(=O)/C(=C\c3cccc(OC(F)(F)C(F)F)c3)NC2=S)c1. The van der Waals surface area contributed by atoms with Gasteiger partial charge in [-0.05, 0) is 60.6 Å². The molecule has 0 radical (unpaired) electrons. The van der Waals surface area contributed by atoms with Gasteiger partial charge in [0, 0.05) is 0 Å². The monoisotopic (exact) mass is 410 g/mol. The predicted molar refractivity (Wildman–Crippen MR) is 100 cm³/mol. The van der Waals surface area contributed by atoms with E-state index in [-0.39, 0.29) is 10.8 Å². The first-order valence-corrected chi connectivity index (χ1v) is 8.47. The molecule has 0 unspecified atom stereocenters. The molecular weight excluding hydrogens is 396 g/mol. The highest BCUT2D eigenvalue weighted by Crippen LogP contribution is 2.29. The van der Waals surface area contributed by atoms with Crippen LogP contribution in [0.5, 0.6) is 5.75 Å². The van der Waals surface area contributed by atoms with Gasteiger partial charge in [-0.1, -0.05) is 24.3 Å². The van der Waals surface area contributed by atoms with Crippen molar-refractivity contribution in [1.82, 2.24) is 5.32 Å². The van der Waals surface area contributed by atoms with Crippen LogP contribution >= 0.6 is 12.2 Å². The molecule has 2 aromatic carbocycles. The molecule has 0 spiro atoms. The molecule has 0 aromatic heterocycles. The van der Waals surface area contributed by atoms with E-state index < -0.39 is 24.2 Å². The number of thiocarbonyl (C=S) groups is 1. The lowest BCUT2D eigenvalue weighted by molar-refractivity contribution is -0.253. The van der Waals surface area contributed by atoms with Crippen molar-refractivity contribution in [2.45, 2.75) is 19.5 Å². The van der Waals surface area contributed by atoms with E-state index in [2.05, 4.69) is 10.1 Å². The molecular formula is C19H14F4N2O2S. The van der Waals surface area contributed by atoms with Gasteiger partial charge in [0.1, 0.15) is 11.4 Å². The molecule has 28 heavy (non-hydrogen) atoms. The minimum atomic E-state index is -4.61. The van der Waals surface area contributed by atoms with E-state index in [1.165, 1.54) is 23.1 Å². The van der Waals surface area contributed by atoms with Gasteiger partial charge in [-0.3, -0.25) is 9.69 Å². The molecule has 1 N–H and O–H groups in total. The Morgan fingerprint density at radius 1 is 1.18 bits per heavy atom. The Balaban J connectivity index is 1.85. The van der Waals surface area contributed by atoms with Crippen molar-refractivity contribution in [3.8, 4) is 5.75 Å². The molecule has 3 rings (SSSR count). The molecule has 0 atom stereocenters. The van der Waals surface area contributed by atoms with Crippen LogP contribution in [0.3, 0.4) is 0 Å². The van der Waals surface area contributed by atoms with Gasteiger partial charge in [-0.25, -0.2) is 0 Å². The molecule has 1 fully saturated rings. The highest BCUT2D eigenvalue weighted by atomic mass is 32.1. The van der Waals surface area contributed by atoms with Crippen LogP contribution in [0, 0.1) is 6.92 Å². The summed E-state index contributed by atoms with van der Waals surface area (Å²) in [5, 5.41) is 2.93. The van der Waals surface area contributed by atoms with Gasteiger partial charge in [-0.15, -0.1) is 0 Å².